The van der Waals surface area contributed by atoms with E-state index in [4.69, 9.17) is 0 Å². The molecule has 0 saturated heterocycles. The Balaban J connectivity index is 2.99. The molecule has 60 valence electrons. The van der Waals surface area contributed by atoms with E-state index in [9.17, 15) is 0 Å². The molecule has 0 atom stereocenters. The standard InChI is InChI=1S/C7H7.3BrH.Zr/c1-7-5-3-2-4-6-7;;;;/h3-6H,1H3;3*1H;/q;;;;+3/p-3. The fourth-order valence-electron chi connectivity index (χ4n) is 0.743. The summed E-state index contributed by atoms with van der Waals surface area (Å²) in [5.41, 5.74) is 1.30. The predicted octanol–water partition coefficient (Wildman–Crippen LogP) is 3.70. The van der Waals surface area contributed by atoms with Crippen LogP contribution in [0.1, 0.15) is 5.56 Å². The first-order valence-corrected chi connectivity index (χ1v) is 21.2. The van der Waals surface area contributed by atoms with Crippen LogP contribution in [-0.2, 0) is 13.2 Å². The van der Waals surface area contributed by atoms with Crippen molar-refractivity contribution in [2.24, 2.45) is 0 Å². The summed E-state index contributed by atoms with van der Waals surface area (Å²) in [5.74, 6) is 0. The Morgan fingerprint density at radius 2 is 1.45 bits per heavy atom. The minimum absolute atomic E-state index is 1.30. The Bertz CT molecular complexity index is 237. The molecule has 0 N–H and O–H groups in total. The summed E-state index contributed by atoms with van der Waals surface area (Å²) >= 11 is 8.66. The van der Waals surface area contributed by atoms with Crippen LogP contribution in [0.25, 0.3) is 0 Å². The number of halogens is 3. The van der Waals surface area contributed by atoms with E-state index in [1.165, 1.54) is 8.83 Å². The average Bonchev–Trinajstić information content (AvgIpc) is 1.86. The Morgan fingerprint density at radius 3 is 1.82 bits per heavy atom. The van der Waals surface area contributed by atoms with Crippen LogP contribution in [0, 0.1) is 6.92 Å². The maximum atomic E-state index is 3.65. The fraction of sp³-hybridized carbons (Fsp3) is 0.143. The molecule has 1 rings (SSSR count). The van der Waals surface area contributed by atoms with Crippen molar-refractivity contribution < 1.29 is 13.2 Å². The first kappa shape index (κ1) is 10.6. The maximum absolute atomic E-state index is 3.65. The topological polar surface area (TPSA) is 0 Å². The second-order valence-electron chi connectivity index (χ2n) is 2.36. The van der Waals surface area contributed by atoms with Crippen molar-refractivity contribution in [1.82, 2.24) is 0 Å². The quantitative estimate of drug-likeness (QED) is 0.648. The summed E-state index contributed by atoms with van der Waals surface area (Å²) in [6, 6.07) is 8.57. The van der Waals surface area contributed by atoms with Crippen molar-refractivity contribution in [2.45, 2.75) is 6.92 Å². The molecule has 0 radical (unpaired) electrons. The molecule has 0 fully saturated rings. The van der Waals surface area contributed by atoms with E-state index in [0.717, 1.165) is 0 Å². The van der Waals surface area contributed by atoms with Crippen molar-refractivity contribution in [2.75, 3.05) is 0 Å². The number of benzene rings is 1. The van der Waals surface area contributed by atoms with Crippen molar-refractivity contribution in [3.8, 4) is 0 Å². The van der Waals surface area contributed by atoms with Gasteiger partial charge in [-0.25, -0.2) is 0 Å². The molecule has 0 aromatic heterocycles. The monoisotopic (exact) mass is 418 g/mol. The molecule has 0 heterocycles. The van der Waals surface area contributed by atoms with Crippen LogP contribution in [0.4, 0.5) is 0 Å². The Morgan fingerprint density at radius 1 is 1.00 bits per heavy atom. The molecule has 0 aliphatic rings. The van der Waals surface area contributed by atoms with Gasteiger partial charge in [0.15, 0.2) is 0 Å². The van der Waals surface area contributed by atoms with Gasteiger partial charge in [-0.15, -0.1) is 0 Å². The first-order chi connectivity index (χ1) is 5.00. The van der Waals surface area contributed by atoms with Gasteiger partial charge in [-0.2, -0.15) is 0 Å². The molecule has 0 spiro atoms. The molecule has 1 aromatic carbocycles. The van der Waals surface area contributed by atoms with Gasteiger partial charge < -0.3 is 0 Å². The molecule has 4 heteroatoms. The van der Waals surface area contributed by atoms with E-state index in [1.54, 1.807) is 0 Å². The second kappa shape index (κ2) is 4.17. The zero-order chi connectivity index (χ0) is 8.48. The predicted molar refractivity (Wildman–Crippen MR) is 57.6 cm³/mol. The van der Waals surface area contributed by atoms with Gasteiger partial charge in [-0.05, 0) is 0 Å². The average molecular weight is 422 g/mol. The molecule has 0 aliphatic heterocycles. The summed E-state index contributed by atoms with van der Waals surface area (Å²) in [6.45, 7) is 2.09. The summed E-state index contributed by atoms with van der Waals surface area (Å²) < 4.78 is 1.37. The molecule has 0 amide bonds. The third-order valence-corrected chi connectivity index (χ3v) is 11.9. The van der Waals surface area contributed by atoms with Crippen LogP contribution in [0.2, 0.25) is 0 Å². The third kappa shape index (κ3) is 3.42. The molecule has 0 aliphatic carbocycles. The van der Waals surface area contributed by atoms with Crippen LogP contribution in [0.15, 0.2) is 24.3 Å². The van der Waals surface area contributed by atoms with Crippen LogP contribution in [0.5, 0.6) is 0 Å². The van der Waals surface area contributed by atoms with Crippen LogP contribution in [0.3, 0.4) is 0 Å². The van der Waals surface area contributed by atoms with Crippen molar-refractivity contribution in [1.29, 1.82) is 0 Å². The number of hydrogen-bond donors (Lipinski definition) is 0. The SMILES string of the molecule is Cc1cc[c]([Zr]([Br])([Br])[Br])cc1. The summed E-state index contributed by atoms with van der Waals surface area (Å²) in [4.78, 5) is 0. The Labute approximate surface area is 88.5 Å². The number of rotatable bonds is 1. The van der Waals surface area contributed by atoms with E-state index < -0.39 is 13.2 Å². The Hall–Kier alpha value is 1.54. The van der Waals surface area contributed by atoms with Gasteiger partial charge in [0.2, 0.25) is 0 Å². The molecule has 0 unspecified atom stereocenters. The summed E-state index contributed by atoms with van der Waals surface area (Å²) in [5, 5.41) is 0. The normalized spacial score (nSPS) is 11.6. The minimum atomic E-state index is -2.31. The third-order valence-electron chi connectivity index (χ3n) is 1.38. The van der Waals surface area contributed by atoms with Gasteiger partial charge in [0.25, 0.3) is 0 Å². The zero-order valence-electron chi connectivity index (χ0n) is 5.94. The first-order valence-electron chi connectivity index (χ1n) is 3.14. The molecule has 0 saturated carbocycles. The fourth-order valence-corrected chi connectivity index (χ4v) is 6.77. The van der Waals surface area contributed by atoms with Gasteiger partial charge >= 0.3 is 89.9 Å². The van der Waals surface area contributed by atoms with Gasteiger partial charge in [0.05, 0.1) is 0 Å². The summed E-state index contributed by atoms with van der Waals surface area (Å²) in [7, 11) is 0. The van der Waals surface area contributed by atoms with E-state index >= 15 is 0 Å². The molecule has 0 nitrogen and oxygen atoms in total. The van der Waals surface area contributed by atoms with Gasteiger partial charge in [0.1, 0.15) is 0 Å². The second-order valence-corrected chi connectivity index (χ2v) is 46.2. The van der Waals surface area contributed by atoms with Crippen molar-refractivity contribution in [3.05, 3.63) is 29.8 Å². The van der Waals surface area contributed by atoms with Crippen molar-refractivity contribution in [3.63, 3.8) is 0 Å². The molecular formula is C7H7Br3Zr. The van der Waals surface area contributed by atoms with Crippen molar-refractivity contribution >= 4 is 39.9 Å². The number of aryl methyl sites for hydroxylation is 1. The van der Waals surface area contributed by atoms with Crippen LogP contribution in [-0.4, -0.2) is 0 Å². The molecule has 11 heavy (non-hydrogen) atoms. The molecule has 0 bridgehead atoms. The molecule has 1 aromatic rings. The zero-order valence-corrected chi connectivity index (χ0v) is 13.2. The van der Waals surface area contributed by atoms with Gasteiger partial charge in [-0.1, -0.05) is 0 Å². The van der Waals surface area contributed by atoms with Crippen LogP contribution < -0.4 is 3.27 Å². The van der Waals surface area contributed by atoms with Gasteiger partial charge in [-0.3, -0.25) is 0 Å². The van der Waals surface area contributed by atoms with E-state index in [1.807, 2.05) is 0 Å². The van der Waals surface area contributed by atoms with Crippen LogP contribution >= 0.6 is 36.7 Å². The molecular weight excluding hydrogens is 415 g/mol. The van der Waals surface area contributed by atoms with E-state index in [-0.39, 0.29) is 0 Å². The van der Waals surface area contributed by atoms with E-state index in [0.29, 0.717) is 0 Å². The number of hydrogen-bond acceptors (Lipinski definition) is 0. The van der Waals surface area contributed by atoms with Gasteiger partial charge in [0, 0.05) is 0 Å². The Kier molecular flexibility index (Phi) is 4.03. The summed E-state index contributed by atoms with van der Waals surface area (Å²) in [6.07, 6.45) is 0. The van der Waals surface area contributed by atoms with E-state index in [2.05, 4.69) is 67.8 Å².